The quantitative estimate of drug-likeness (QED) is 0.759. The monoisotopic (exact) mass is 343 g/mol. The number of nitrogens with zero attached hydrogens (tertiary/aromatic N) is 1. The van der Waals surface area contributed by atoms with Crippen LogP contribution in [0, 0.1) is 0 Å². The first-order valence-electron chi connectivity index (χ1n) is 8.37. The van der Waals surface area contributed by atoms with E-state index in [2.05, 4.69) is 93.8 Å². The molecule has 2 aromatic rings. The van der Waals surface area contributed by atoms with Crippen LogP contribution in [0.3, 0.4) is 0 Å². The van der Waals surface area contributed by atoms with Crippen LogP contribution in [0.25, 0.3) is 6.08 Å². The molecule has 0 unspecified atom stereocenters. The van der Waals surface area contributed by atoms with E-state index in [0.29, 0.717) is 0 Å². The molecule has 0 amide bonds. The standard InChI is InChI=1S/C21H27ClN2/c1-21(2,19-15-17(22)10-13-20(19)23-3)14-6-7-16-8-11-18(12-9-16)24(4)5/h6-13,15,23H,14H2,1-5H3/p+1/b7-6+. The highest BCUT2D eigenvalue weighted by Crippen LogP contribution is 2.33. The second kappa shape index (κ2) is 7.87. The second-order valence-electron chi connectivity index (χ2n) is 7.00. The van der Waals surface area contributed by atoms with Gasteiger partial charge in [-0.3, -0.25) is 0 Å². The van der Waals surface area contributed by atoms with E-state index in [0.717, 1.165) is 11.4 Å². The molecule has 3 heteroatoms. The molecular formula is C21H28ClN2+. The number of benzene rings is 2. The van der Waals surface area contributed by atoms with Crippen molar-refractivity contribution >= 4 is 29.1 Å². The number of hydrogen-bond donors (Lipinski definition) is 1. The molecule has 0 heterocycles. The van der Waals surface area contributed by atoms with Crippen LogP contribution in [0.4, 0.5) is 11.4 Å². The van der Waals surface area contributed by atoms with E-state index in [9.17, 15) is 0 Å². The van der Waals surface area contributed by atoms with Gasteiger partial charge >= 0.3 is 0 Å². The van der Waals surface area contributed by atoms with Gasteiger partial charge in [0.2, 0.25) is 0 Å². The first kappa shape index (κ1) is 18.6. The minimum absolute atomic E-state index is 0.0345. The number of quaternary nitrogens is 1. The fourth-order valence-corrected chi connectivity index (χ4v) is 3.02. The van der Waals surface area contributed by atoms with Gasteiger partial charge in [0.1, 0.15) is 5.69 Å². The van der Waals surface area contributed by atoms with Crippen molar-refractivity contribution in [3.05, 3.63) is 64.7 Å². The molecule has 0 fully saturated rings. The molecular weight excluding hydrogens is 316 g/mol. The first-order chi connectivity index (χ1) is 11.3. The molecule has 2 rings (SSSR count). The van der Waals surface area contributed by atoms with Crippen molar-refractivity contribution in [1.82, 2.24) is 0 Å². The third-order valence-electron chi connectivity index (χ3n) is 4.40. The maximum Gasteiger partial charge on any atom is 0.133 e. The zero-order valence-electron chi connectivity index (χ0n) is 15.3. The Hall–Kier alpha value is -1.77. The number of allylic oxidation sites excluding steroid dienone is 1. The maximum atomic E-state index is 6.21. The van der Waals surface area contributed by atoms with Crippen LogP contribution in [0.1, 0.15) is 31.4 Å². The van der Waals surface area contributed by atoms with Gasteiger partial charge < -0.3 is 10.2 Å². The lowest BCUT2D eigenvalue weighted by Gasteiger charge is -2.25. The van der Waals surface area contributed by atoms with Gasteiger partial charge in [-0.1, -0.05) is 49.7 Å². The van der Waals surface area contributed by atoms with E-state index in [-0.39, 0.29) is 5.41 Å². The topological polar surface area (TPSA) is 19.9 Å². The van der Waals surface area contributed by atoms with Gasteiger partial charge in [0.25, 0.3) is 0 Å². The summed E-state index contributed by atoms with van der Waals surface area (Å²) >= 11 is 6.21. The molecule has 2 N–H and O–H groups in total. The Bertz CT molecular complexity index is 700. The molecule has 128 valence electrons. The van der Waals surface area contributed by atoms with Crippen molar-refractivity contribution in [2.24, 2.45) is 0 Å². The number of hydrogen-bond acceptors (Lipinski definition) is 1. The maximum absolute atomic E-state index is 6.21. The summed E-state index contributed by atoms with van der Waals surface area (Å²) in [5.41, 5.74) is 5.03. The summed E-state index contributed by atoms with van der Waals surface area (Å²) in [6, 6.07) is 14.8. The van der Waals surface area contributed by atoms with Crippen molar-refractivity contribution < 1.29 is 5.32 Å². The molecule has 0 spiro atoms. The predicted molar refractivity (Wildman–Crippen MR) is 106 cm³/mol. The summed E-state index contributed by atoms with van der Waals surface area (Å²) in [6.45, 7) is 4.54. The minimum Gasteiger partial charge on any atom is -0.378 e. The Labute approximate surface area is 151 Å². The van der Waals surface area contributed by atoms with Crippen LogP contribution in [-0.4, -0.2) is 21.1 Å². The summed E-state index contributed by atoms with van der Waals surface area (Å²) in [5.74, 6) is 0. The van der Waals surface area contributed by atoms with Crippen molar-refractivity contribution in [2.45, 2.75) is 25.7 Å². The lowest BCUT2D eigenvalue weighted by atomic mass is 9.80. The van der Waals surface area contributed by atoms with Crippen molar-refractivity contribution in [3.63, 3.8) is 0 Å². The van der Waals surface area contributed by atoms with Gasteiger partial charge in [-0.15, -0.1) is 0 Å². The van der Waals surface area contributed by atoms with Crippen LogP contribution in [0.15, 0.2) is 48.5 Å². The molecule has 0 aliphatic heterocycles. The molecule has 0 saturated heterocycles. The minimum atomic E-state index is 0.0345. The van der Waals surface area contributed by atoms with Crippen molar-refractivity contribution in [2.75, 3.05) is 26.0 Å². The van der Waals surface area contributed by atoms with Crippen molar-refractivity contribution in [1.29, 1.82) is 0 Å². The Morgan fingerprint density at radius 3 is 2.33 bits per heavy atom. The van der Waals surface area contributed by atoms with E-state index in [4.69, 9.17) is 11.6 Å². The Morgan fingerprint density at radius 1 is 1.08 bits per heavy atom. The number of nitrogens with two attached hydrogens (primary N) is 1. The van der Waals surface area contributed by atoms with Crippen molar-refractivity contribution in [3.8, 4) is 0 Å². The van der Waals surface area contributed by atoms with Crippen LogP contribution in [0.5, 0.6) is 0 Å². The van der Waals surface area contributed by atoms with Gasteiger partial charge in [0, 0.05) is 36.4 Å². The normalized spacial score (nSPS) is 11.9. The van der Waals surface area contributed by atoms with Gasteiger partial charge in [0.15, 0.2) is 0 Å². The fraction of sp³-hybridized carbons (Fsp3) is 0.333. The molecule has 0 aliphatic carbocycles. The Balaban J connectivity index is 2.13. The molecule has 0 radical (unpaired) electrons. The van der Waals surface area contributed by atoms with E-state index in [1.54, 1.807) is 0 Å². The summed E-state index contributed by atoms with van der Waals surface area (Å²) in [5, 5.41) is 2.95. The largest absolute Gasteiger partial charge is 0.378 e. The van der Waals surface area contributed by atoms with E-state index in [1.165, 1.54) is 22.5 Å². The average Bonchev–Trinajstić information content (AvgIpc) is 2.55. The Morgan fingerprint density at radius 2 is 1.75 bits per heavy atom. The third-order valence-corrected chi connectivity index (χ3v) is 4.64. The molecule has 0 saturated carbocycles. The molecule has 0 aliphatic rings. The molecule has 24 heavy (non-hydrogen) atoms. The summed E-state index contributed by atoms with van der Waals surface area (Å²) in [4.78, 5) is 2.11. The van der Waals surface area contributed by atoms with E-state index in [1.807, 2.05) is 6.07 Å². The van der Waals surface area contributed by atoms with E-state index < -0.39 is 0 Å². The second-order valence-corrected chi connectivity index (χ2v) is 7.43. The number of rotatable bonds is 6. The van der Waals surface area contributed by atoms with Gasteiger partial charge in [0.05, 0.1) is 7.05 Å². The van der Waals surface area contributed by atoms with Crippen LogP contribution < -0.4 is 10.2 Å². The lowest BCUT2D eigenvalue weighted by molar-refractivity contribution is -0.540. The zero-order chi connectivity index (χ0) is 17.7. The van der Waals surface area contributed by atoms with Gasteiger partial charge in [-0.05, 0) is 41.7 Å². The highest BCUT2D eigenvalue weighted by molar-refractivity contribution is 6.30. The van der Waals surface area contributed by atoms with E-state index >= 15 is 0 Å². The SMILES string of the molecule is C[NH2+]c1ccc(Cl)cc1C(C)(C)C/C=C/c1ccc(N(C)C)cc1. The fourth-order valence-electron chi connectivity index (χ4n) is 2.85. The van der Waals surface area contributed by atoms with Gasteiger partial charge in [-0.2, -0.15) is 0 Å². The zero-order valence-corrected chi connectivity index (χ0v) is 16.1. The summed E-state index contributed by atoms with van der Waals surface area (Å²) in [6.07, 6.45) is 5.41. The predicted octanol–water partition coefficient (Wildman–Crippen LogP) is 4.61. The first-order valence-corrected chi connectivity index (χ1v) is 8.74. The Kier molecular flexibility index (Phi) is 6.09. The smallest absolute Gasteiger partial charge is 0.133 e. The van der Waals surface area contributed by atoms with Crippen LogP contribution >= 0.6 is 11.6 Å². The number of halogens is 1. The third kappa shape index (κ3) is 4.62. The molecule has 0 aromatic heterocycles. The average molecular weight is 344 g/mol. The molecule has 2 aromatic carbocycles. The lowest BCUT2D eigenvalue weighted by Crippen LogP contribution is -2.73. The summed E-state index contributed by atoms with van der Waals surface area (Å²) < 4.78 is 0. The molecule has 2 nitrogen and oxygen atoms in total. The number of anilines is 1. The molecule has 0 bridgehead atoms. The highest BCUT2D eigenvalue weighted by Gasteiger charge is 2.24. The highest BCUT2D eigenvalue weighted by atomic mass is 35.5. The molecule has 0 atom stereocenters. The van der Waals surface area contributed by atoms with Crippen LogP contribution in [-0.2, 0) is 5.41 Å². The van der Waals surface area contributed by atoms with Crippen LogP contribution in [0.2, 0.25) is 5.02 Å². The summed E-state index contributed by atoms with van der Waals surface area (Å²) in [7, 11) is 6.19. The van der Waals surface area contributed by atoms with Gasteiger partial charge in [-0.25, -0.2) is 0 Å².